The topological polar surface area (TPSA) is 55.1 Å². The Morgan fingerprint density at radius 3 is 2.80 bits per heavy atom. The van der Waals surface area contributed by atoms with Crippen LogP contribution in [-0.2, 0) is 11.3 Å². The molecule has 0 aliphatic carbocycles. The fourth-order valence-corrected chi connectivity index (χ4v) is 1.10. The van der Waals surface area contributed by atoms with Crippen LogP contribution in [0.15, 0.2) is 17.1 Å². The van der Waals surface area contributed by atoms with Gasteiger partial charge in [0.25, 0.3) is 0 Å². The van der Waals surface area contributed by atoms with Gasteiger partial charge < -0.3 is 9.73 Å². The molecule has 0 bridgehead atoms. The molecule has 0 saturated heterocycles. The standard InChI is InChI=1S/C11H16N2O2/c1-5-10(14)12-6-9-8(4)13-11(15-9)7(2)3/h5,7H,1,6H2,2-4H3,(H,12,14). The van der Waals surface area contributed by atoms with Crippen LogP contribution < -0.4 is 5.32 Å². The maximum absolute atomic E-state index is 10.9. The second-order valence-electron chi connectivity index (χ2n) is 3.64. The zero-order valence-electron chi connectivity index (χ0n) is 9.33. The third-order valence-electron chi connectivity index (χ3n) is 2.01. The van der Waals surface area contributed by atoms with Crippen LogP contribution in [-0.4, -0.2) is 10.9 Å². The SMILES string of the molecule is C=CC(=O)NCc1oc(C(C)C)nc1C. The Balaban J connectivity index is 2.69. The summed E-state index contributed by atoms with van der Waals surface area (Å²) in [6, 6.07) is 0. The molecule has 1 N–H and O–H groups in total. The van der Waals surface area contributed by atoms with Crippen LogP contribution in [0.2, 0.25) is 0 Å². The molecule has 0 radical (unpaired) electrons. The lowest BCUT2D eigenvalue weighted by molar-refractivity contribution is -0.116. The predicted octanol–water partition coefficient (Wildman–Crippen LogP) is 1.91. The quantitative estimate of drug-likeness (QED) is 0.769. The molecule has 0 aliphatic rings. The summed E-state index contributed by atoms with van der Waals surface area (Å²) in [7, 11) is 0. The monoisotopic (exact) mass is 208 g/mol. The van der Waals surface area contributed by atoms with Crippen molar-refractivity contribution in [2.45, 2.75) is 33.2 Å². The first-order valence-electron chi connectivity index (χ1n) is 4.91. The molecule has 0 saturated carbocycles. The summed E-state index contributed by atoms with van der Waals surface area (Å²) in [5.41, 5.74) is 0.822. The molecule has 0 fully saturated rings. The van der Waals surface area contributed by atoms with Crippen LogP contribution in [0.25, 0.3) is 0 Å². The highest BCUT2D eigenvalue weighted by Crippen LogP contribution is 2.17. The van der Waals surface area contributed by atoms with E-state index in [0.29, 0.717) is 18.2 Å². The summed E-state index contributed by atoms with van der Waals surface area (Å²) in [4.78, 5) is 15.2. The molecule has 1 heterocycles. The molecular formula is C11H16N2O2. The third kappa shape index (κ3) is 2.94. The van der Waals surface area contributed by atoms with Crippen molar-refractivity contribution in [3.05, 3.63) is 30.0 Å². The first-order valence-corrected chi connectivity index (χ1v) is 4.91. The molecule has 4 nitrogen and oxygen atoms in total. The fraction of sp³-hybridized carbons (Fsp3) is 0.455. The number of hydrogen-bond donors (Lipinski definition) is 1. The molecular weight excluding hydrogens is 192 g/mol. The van der Waals surface area contributed by atoms with Crippen LogP contribution in [0, 0.1) is 6.92 Å². The molecule has 0 unspecified atom stereocenters. The first kappa shape index (κ1) is 11.5. The molecule has 4 heteroatoms. The van der Waals surface area contributed by atoms with Crippen molar-refractivity contribution in [2.24, 2.45) is 0 Å². The number of nitrogens with one attached hydrogen (secondary N) is 1. The second kappa shape index (κ2) is 4.77. The number of oxazole rings is 1. The summed E-state index contributed by atoms with van der Waals surface area (Å²) >= 11 is 0. The van der Waals surface area contributed by atoms with Crippen molar-refractivity contribution in [1.29, 1.82) is 0 Å². The van der Waals surface area contributed by atoms with Gasteiger partial charge in [-0.1, -0.05) is 20.4 Å². The average Bonchev–Trinajstić information content (AvgIpc) is 2.56. The van der Waals surface area contributed by atoms with E-state index < -0.39 is 0 Å². The van der Waals surface area contributed by atoms with E-state index in [1.165, 1.54) is 6.08 Å². The van der Waals surface area contributed by atoms with E-state index >= 15 is 0 Å². The molecule has 1 aromatic heterocycles. The van der Waals surface area contributed by atoms with Gasteiger partial charge in [-0.15, -0.1) is 0 Å². The molecule has 1 amide bonds. The molecule has 1 aromatic rings. The number of amides is 1. The van der Waals surface area contributed by atoms with Gasteiger partial charge in [-0.05, 0) is 13.0 Å². The number of nitrogens with zero attached hydrogens (tertiary/aromatic N) is 1. The maximum atomic E-state index is 10.9. The van der Waals surface area contributed by atoms with E-state index in [1.54, 1.807) is 0 Å². The Kier molecular flexibility index (Phi) is 3.66. The highest BCUT2D eigenvalue weighted by molar-refractivity contribution is 5.86. The van der Waals surface area contributed by atoms with Gasteiger partial charge in [0.2, 0.25) is 5.91 Å². The lowest BCUT2D eigenvalue weighted by atomic mass is 10.2. The van der Waals surface area contributed by atoms with Crippen molar-refractivity contribution in [3.63, 3.8) is 0 Å². The smallest absolute Gasteiger partial charge is 0.243 e. The summed E-state index contributed by atoms with van der Waals surface area (Å²) < 4.78 is 5.51. The van der Waals surface area contributed by atoms with Gasteiger partial charge in [-0.3, -0.25) is 4.79 Å². The van der Waals surface area contributed by atoms with E-state index in [1.807, 2.05) is 20.8 Å². The highest BCUT2D eigenvalue weighted by atomic mass is 16.4. The maximum Gasteiger partial charge on any atom is 0.243 e. The number of aryl methyl sites for hydroxylation is 1. The lowest BCUT2D eigenvalue weighted by Crippen LogP contribution is -2.20. The Bertz CT molecular complexity index is 367. The molecule has 0 aromatic carbocycles. The van der Waals surface area contributed by atoms with E-state index in [0.717, 1.165) is 5.69 Å². The van der Waals surface area contributed by atoms with Gasteiger partial charge in [0.15, 0.2) is 5.89 Å². The van der Waals surface area contributed by atoms with Crippen LogP contribution in [0.3, 0.4) is 0 Å². The van der Waals surface area contributed by atoms with E-state index in [9.17, 15) is 4.79 Å². The van der Waals surface area contributed by atoms with Crippen molar-refractivity contribution < 1.29 is 9.21 Å². The minimum absolute atomic E-state index is 0.211. The normalized spacial score (nSPS) is 10.4. The first-order chi connectivity index (χ1) is 7.04. The zero-order chi connectivity index (χ0) is 11.4. The fourth-order valence-electron chi connectivity index (χ4n) is 1.10. The van der Waals surface area contributed by atoms with Gasteiger partial charge >= 0.3 is 0 Å². The minimum Gasteiger partial charge on any atom is -0.443 e. The summed E-state index contributed by atoms with van der Waals surface area (Å²) in [5.74, 6) is 1.45. The second-order valence-corrected chi connectivity index (χ2v) is 3.64. The minimum atomic E-state index is -0.211. The number of carbonyl (C=O) groups is 1. The van der Waals surface area contributed by atoms with E-state index in [4.69, 9.17) is 4.42 Å². The van der Waals surface area contributed by atoms with Crippen LogP contribution in [0.5, 0.6) is 0 Å². The molecule has 1 rings (SSSR count). The average molecular weight is 208 g/mol. The van der Waals surface area contributed by atoms with Gasteiger partial charge in [-0.2, -0.15) is 0 Å². The van der Waals surface area contributed by atoms with Crippen LogP contribution in [0.1, 0.15) is 37.1 Å². The number of rotatable bonds is 4. The van der Waals surface area contributed by atoms with Crippen molar-refractivity contribution in [1.82, 2.24) is 10.3 Å². The summed E-state index contributed by atoms with van der Waals surface area (Å²) in [5, 5.41) is 2.65. The lowest BCUT2D eigenvalue weighted by Gasteiger charge is -1.99. The molecule has 15 heavy (non-hydrogen) atoms. The van der Waals surface area contributed by atoms with E-state index in [-0.39, 0.29) is 11.8 Å². The highest BCUT2D eigenvalue weighted by Gasteiger charge is 2.12. The Morgan fingerprint density at radius 1 is 1.67 bits per heavy atom. The molecule has 82 valence electrons. The van der Waals surface area contributed by atoms with Gasteiger partial charge in [0.05, 0.1) is 12.2 Å². The molecule has 0 atom stereocenters. The Labute approximate surface area is 89.4 Å². The van der Waals surface area contributed by atoms with Gasteiger partial charge in [0, 0.05) is 5.92 Å². The van der Waals surface area contributed by atoms with Gasteiger partial charge in [-0.25, -0.2) is 4.98 Å². The Hall–Kier alpha value is -1.58. The molecule has 0 aliphatic heterocycles. The predicted molar refractivity (Wildman–Crippen MR) is 57.4 cm³/mol. The number of carbonyl (C=O) groups excluding carboxylic acids is 1. The number of hydrogen-bond acceptors (Lipinski definition) is 3. The van der Waals surface area contributed by atoms with Crippen molar-refractivity contribution in [2.75, 3.05) is 0 Å². The van der Waals surface area contributed by atoms with Crippen LogP contribution >= 0.6 is 0 Å². The van der Waals surface area contributed by atoms with E-state index in [2.05, 4.69) is 16.9 Å². The zero-order valence-corrected chi connectivity index (χ0v) is 9.33. The van der Waals surface area contributed by atoms with Crippen LogP contribution in [0.4, 0.5) is 0 Å². The van der Waals surface area contributed by atoms with Crippen molar-refractivity contribution >= 4 is 5.91 Å². The molecule has 0 spiro atoms. The van der Waals surface area contributed by atoms with Gasteiger partial charge in [0.1, 0.15) is 5.76 Å². The third-order valence-corrected chi connectivity index (χ3v) is 2.01. The Morgan fingerprint density at radius 2 is 2.33 bits per heavy atom. The summed E-state index contributed by atoms with van der Waals surface area (Å²) in [6.45, 7) is 9.62. The van der Waals surface area contributed by atoms with Crippen molar-refractivity contribution in [3.8, 4) is 0 Å². The largest absolute Gasteiger partial charge is 0.443 e. The number of aromatic nitrogens is 1. The summed E-state index contributed by atoms with van der Waals surface area (Å²) in [6.07, 6.45) is 1.23.